The van der Waals surface area contributed by atoms with Gasteiger partial charge in [0.2, 0.25) is 11.8 Å². The zero-order chi connectivity index (χ0) is 16.2. The van der Waals surface area contributed by atoms with Crippen LogP contribution in [0.15, 0.2) is 11.6 Å². The summed E-state index contributed by atoms with van der Waals surface area (Å²) in [5.41, 5.74) is 0.920. The molecule has 2 aliphatic heterocycles. The van der Waals surface area contributed by atoms with Crippen LogP contribution in [-0.2, 0) is 9.59 Å². The first-order chi connectivity index (χ1) is 10.4. The summed E-state index contributed by atoms with van der Waals surface area (Å²) < 4.78 is 0. The van der Waals surface area contributed by atoms with Gasteiger partial charge in [-0.25, -0.2) is 0 Å². The molecule has 0 saturated carbocycles. The molecule has 2 aliphatic rings. The quantitative estimate of drug-likeness (QED) is 0.773. The minimum atomic E-state index is -0.377. The van der Waals surface area contributed by atoms with E-state index < -0.39 is 0 Å². The van der Waals surface area contributed by atoms with Crippen molar-refractivity contribution in [3.63, 3.8) is 0 Å². The number of piperidine rings is 1. The van der Waals surface area contributed by atoms with Crippen molar-refractivity contribution in [1.29, 1.82) is 0 Å². The Balaban J connectivity index is 1.84. The topological polar surface area (TPSA) is 61.4 Å². The summed E-state index contributed by atoms with van der Waals surface area (Å²) in [5, 5.41) is 6.31. The number of likely N-dealkylation sites (tertiary alicyclic amines) is 1. The summed E-state index contributed by atoms with van der Waals surface area (Å²) in [7, 11) is 0. The Morgan fingerprint density at radius 1 is 1.41 bits per heavy atom. The fourth-order valence-corrected chi connectivity index (χ4v) is 3.03. The fourth-order valence-electron chi connectivity index (χ4n) is 3.03. The van der Waals surface area contributed by atoms with Crippen LogP contribution in [-0.4, -0.2) is 49.4 Å². The maximum absolute atomic E-state index is 12.4. The normalized spacial score (nSPS) is 23.0. The lowest BCUT2D eigenvalue weighted by Gasteiger charge is -2.36. The van der Waals surface area contributed by atoms with Crippen molar-refractivity contribution in [2.24, 2.45) is 11.3 Å². The minimum absolute atomic E-state index is 0.0673. The van der Waals surface area contributed by atoms with Crippen molar-refractivity contribution in [3.8, 4) is 0 Å². The monoisotopic (exact) mass is 307 g/mol. The Labute approximate surface area is 133 Å². The van der Waals surface area contributed by atoms with E-state index >= 15 is 0 Å². The molecule has 1 saturated heterocycles. The van der Waals surface area contributed by atoms with E-state index in [9.17, 15) is 9.59 Å². The Kier molecular flexibility index (Phi) is 5.62. The molecular formula is C17H29N3O2. The van der Waals surface area contributed by atoms with Crippen LogP contribution in [0.2, 0.25) is 0 Å². The van der Waals surface area contributed by atoms with Crippen LogP contribution in [0, 0.1) is 11.3 Å². The first kappa shape index (κ1) is 17.0. The van der Waals surface area contributed by atoms with Gasteiger partial charge in [0.1, 0.15) is 0 Å². The fraction of sp³-hybridized carbons (Fsp3) is 0.765. The molecule has 5 heteroatoms. The summed E-state index contributed by atoms with van der Waals surface area (Å²) in [6, 6.07) is 0. The standard InChI is InChI=1S/C17H29N3O2/c1-17(2,3)16(22)20-10-4-5-14(12-20)15(21)19-11-13-6-8-18-9-7-13/h6,14,18H,4-5,7-12H2,1-3H3,(H,19,21). The van der Waals surface area contributed by atoms with Gasteiger partial charge in [-0.3, -0.25) is 9.59 Å². The second kappa shape index (κ2) is 7.27. The first-order valence-electron chi connectivity index (χ1n) is 8.33. The molecule has 2 heterocycles. The van der Waals surface area contributed by atoms with Gasteiger partial charge in [-0.2, -0.15) is 0 Å². The highest BCUT2D eigenvalue weighted by atomic mass is 16.2. The summed E-state index contributed by atoms with van der Waals surface area (Å²) in [6.45, 7) is 9.65. The number of carbonyl (C=O) groups is 2. The third-order valence-corrected chi connectivity index (χ3v) is 4.37. The van der Waals surface area contributed by atoms with Gasteiger partial charge in [0.25, 0.3) is 0 Å². The van der Waals surface area contributed by atoms with Gasteiger partial charge in [0.05, 0.1) is 5.92 Å². The molecule has 5 nitrogen and oxygen atoms in total. The van der Waals surface area contributed by atoms with Crippen LogP contribution < -0.4 is 10.6 Å². The van der Waals surface area contributed by atoms with Gasteiger partial charge in [-0.15, -0.1) is 0 Å². The van der Waals surface area contributed by atoms with Crippen LogP contribution in [0.5, 0.6) is 0 Å². The van der Waals surface area contributed by atoms with Crippen LogP contribution in [0.1, 0.15) is 40.0 Å². The summed E-state index contributed by atoms with van der Waals surface area (Å²) in [4.78, 5) is 26.6. The maximum Gasteiger partial charge on any atom is 0.227 e. The Morgan fingerprint density at radius 3 is 2.82 bits per heavy atom. The van der Waals surface area contributed by atoms with E-state index in [0.717, 1.165) is 38.9 Å². The number of rotatable bonds is 3. The molecule has 2 N–H and O–H groups in total. The predicted molar refractivity (Wildman–Crippen MR) is 87.3 cm³/mol. The van der Waals surface area contributed by atoms with E-state index in [2.05, 4.69) is 16.7 Å². The molecule has 0 bridgehead atoms. The van der Waals surface area contributed by atoms with Gasteiger partial charge < -0.3 is 15.5 Å². The lowest BCUT2D eigenvalue weighted by Crippen LogP contribution is -2.49. The highest BCUT2D eigenvalue weighted by molar-refractivity contribution is 5.84. The highest BCUT2D eigenvalue weighted by Crippen LogP contribution is 2.23. The molecule has 2 rings (SSSR count). The van der Waals surface area contributed by atoms with Crippen molar-refractivity contribution in [2.45, 2.75) is 40.0 Å². The SMILES string of the molecule is CC(C)(C)C(=O)N1CCCC(C(=O)NCC2=CCNCC2)C1. The second-order valence-electron chi connectivity index (χ2n) is 7.37. The van der Waals surface area contributed by atoms with E-state index in [4.69, 9.17) is 0 Å². The number of amides is 2. The summed E-state index contributed by atoms with van der Waals surface area (Å²) in [5.74, 6) is 0.166. The molecule has 1 fully saturated rings. The molecule has 0 aliphatic carbocycles. The van der Waals surface area contributed by atoms with E-state index in [0.29, 0.717) is 13.1 Å². The minimum Gasteiger partial charge on any atom is -0.352 e. The first-order valence-corrected chi connectivity index (χ1v) is 8.33. The molecule has 22 heavy (non-hydrogen) atoms. The molecule has 0 aromatic rings. The van der Waals surface area contributed by atoms with Gasteiger partial charge in [0.15, 0.2) is 0 Å². The average Bonchev–Trinajstić information content (AvgIpc) is 2.52. The number of hydrogen-bond donors (Lipinski definition) is 2. The van der Waals surface area contributed by atoms with Crippen LogP contribution in [0.4, 0.5) is 0 Å². The molecule has 0 radical (unpaired) electrons. The van der Waals surface area contributed by atoms with E-state index in [-0.39, 0.29) is 23.1 Å². The molecule has 2 amide bonds. The average molecular weight is 307 g/mol. The zero-order valence-electron chi connectivity index (χ0n) is 14.1. The summed E-state index contributed by atoms with van der Waals surface area (Å²) in [6.07, 6.45) is 4.94. The largest absolute Gasteiger partial charge is 0.352 e. The van der Waals surface area contributed by atoms with Gasteiger partial charge in [-0.05, 0) is 25.8 Å². The molecule has 1 unspecified atom stereocenters. The number of nitrogens with zero attached hydrogens (tertiary/aromatic N) is 1. The molecule has 0 spiro atoms. The predicted octanol–water partition coefficient (Wildman–Crippen LogP) is 1.31. The van der Waals surface area contributed by atoms with Crippen molar-refractivity contribution >= 4 is 11.8 Å². The van der Waals surface area contributed by atoms with Crippen molar-refractivity contribution in [3.05, 3.63) is 11.6 Å². The molecule has 0 aromatic heterocycles. The molecular weight excluding hydrogens is 278 g/mol. The highest BCUT2D eigenvalue weighted by Gasteiger charge is 2.33. The third-order valence-electron chi connectivity index (χ3n) is 4.37. The van der Waals surface area contributed by atoms with Gasteiger partial charge in [-0.1, -0.05) is 32.4 Å². The Hall–Kier alpha value is -1.36. The summed E-state index contributed by atoms with van der Waals surface area (Å²) >= 11 is 0. The Bertz CT molecular complexity index is 451. The second-order valence-corrected chi connectivity index (χ2v) is 7.37. The smallest absolute Gasteiger partial charge is 0.227 e. The molecule has 0 aromatic carbocycles. The molecule has 1 atom stereocenters. The van der Waals surface area contributed by atoms with Crippen LogP contribution >= 0.6 is 0 Å². The van der Waals surface area contributed by atoms with Gasteiger partial charge in [0, 0.05) is 31.6 Å². The lowest BCUT2D eigenvalue weighted by atomic mass is 9.91. The van der Waals surface area contributed by atoms with Crippen LogP contribution in [0.3, 0.4) is 0 Å². The van der Waals surface area contributed by atoms with Crippen molar-refractivity contribution in [2.75, 3.05) is 32.7 Å². The molecule has 124 valence electrons. The number of hydrogen-bond acceptors (Lipinski definition) is 3. The maximum atomic E-state index is 12.4. The van der Waals surface area contributed by atoms with Crippen molar-refractivity contribution in [1.82, 2.24) is 15.5 Å². The number of carbonyl (C=O) groups excluding carboxylic acids is 2. The third kappa shape index (κ3) is 4.57. The van der Waals surface area contributed by atoms with E-state index in [1.807, 2.05) is 25.7 Å². The van der Waals surface area contributed by atoms with Crippen molar-refractivity contribution < 1.29 is 9.59 Å². The zero-order valence-corrected chi connectivity index (χ0v) is 14.1. The van der Waals surface area contributed by atoms with Gasteiger partial charge >= 0.3 is 0 Å². The number of nitrogens with one attached hydrogen (secondary N) is 2. The lowest BCUT2D eigenvalue weighted by molar-refractivity contribution is -0.142. The van der Waals surface area contributed by atoms with E-state index in [1.54, 1.807) is 0 Å². The van der Waals surface area contributed by atoms with Crippen LogP contribution in [0.25, 0.3) is 0 Å². The van der Waals surface area contributed by atoms with E-state index in [1.165, 1.54) is 5.57 Å². The Morgan fingerprint density at radius 2 is 2.18 bits per heavy atom.